The first-order valence-electron chi connectivity index (χ1n) is 10.7. The quantitative estimate of drug-likeness (QED) is 0.321. The van der Waals surface area contributed by atoms with Crippen LogP contribution < -0.4 is 10.6 Å². The van der Waals surface area contributed by atoms with Gasteiger partial charge in [-0.2, -0.15) is 0 Å². The van der Waals surface area contributed by atoms with E-state index in [1.165, 1.54) is 6.07 Å². The Kier molecular flexibility index (Phi) is 7.68. The van der Waals surface area contributed by atoms with Gasteiger partial charge < -0.3 is 10.1 Å². The summed E-state index contributed by atoms with van der Waals surface area (Å²) in [7, 11) is 0. The van der Waals surface area contributed by atoms with Crippen LogP contribution in [-0.4, -0.2) is 28.4 Å². The van der Waals surface area contributed by atoms with E-state index in [1.54, 1.807) is 57.3 Å². The number of aryl methyl sites for hydroxylation is 1. The third-order valence-electron chi connectivity index (χ3n) is 4.64. The number of carbonyl (C=O) groups is 3. The van der Waals surface area contributed by atoms with Crippen molar-refractivity contribution >= 4 is 40.8 Å². The zero-order valence-corrected chi connectivity index (χ0v) is 20.2. The van der Waals surface area contributed by atoms with E-state index in [1.807, 2.05) is 25.1 Å². The summed E-state index contributed by atoms with van der Waals surface area (Å²) < 4.78 is 5.25. The normalized spacial score (nSPS) is 11.0. The fourth-order valence-corrected chi connectivity index (χ4v) is 3.27. The SMILES string of the molecule is Cc1ccc(-c2cccc(C(=O)CC(=O)Nc3cc(Cl)ccc3NC(=O)OC(C)(C)C)c2)cn1. The zero-order chi connectivity index (χ0) is 24.9. The molecule has 2 amide bonds. The summed E-state index contributed by atoms with van der Waals surface area (Å²) in [6.07, 6.45) is 0.682. The van der Waals surface area contributed by atoms with Gasteiger partial charge in [-0.1, -0.05) is 35.9 Å². The second-order valence-electron chi connectivity index (χ2n) is 8.73. The Morgan fingerprint density at radius 1 is 0.941 bits per heavy atom. The molecular weight excluding hydrogens is 454 g/mol. The van der Waals surface area contributed by atoms with Gasteiger partial charge in [0.2, 0.25) is 5.91 Å². The zero-order valence-electron chi connectivity index (χ0n) is 19.4. The molecule has 1 aromatic heterocycles. The van der Waals surface area contributed by atoms with E-state index >= 15 is 0 Å². The molecule has 0 fully saturated rings. The first-order chi connectivity index (χ1) is 16.0. The van der Waals surface area contributed by atoms with Crippen molar-refractivity contribution in [1.82, 2.24) is 4.98 Å². The third-order valence-corrected chi connectivity index (χ3v) is 4.88. The van der Waals surface area contributed by atoms with Crippen LogP contribution in [0.4, 0.5) is 16.2 Å². The first kappa shape index (κ1) is 24.9. The Balaban J connectivity index is 1.70. The Labute approximate surface area is 203 Å². The van der Waals surface area contributed by atoms with Crippen LogP contribution in [0.1, 0.15) is 43.2 Å². The van der Waals surface area contributed by atoms with Crippen molar-refractivity contribution in [2.45, 2.75) is 39.7 Å². The van der Waals surface area contributed by atoms with Crippen LogP contribution in [-0.2, 0) is 9.53 Å². The fraction of sp³-hybridized carbons (Fsp3) is 0.231. The van der Waals surface area contributed by atoms with Crippen molar-refractivity contribution in [3.8, 4) is 11.1 Å². The summed E-state index contributed by atoms with van der Waals surface area (Å²) in [5.74, 6) is -0.884. The monoisotopic (exact) mass is 479 g/mol. The number of hydrogen-bond donors (Lipinski definition) is 2. The second kappa shape index (κ2) is 10.5. The summed E-state index contributed by atoms with van der Waals surface area (Å²) in [5, 5.41) is 5.59. The summed E-state index contributed by atoms with van der Waals surface area (Å²) in [5.41, 5.74) is 2.89. The van der Waals surface area contributed by atoms with E-state index in [2.05, 4.69) is 15.6 Å². The molecule has 0 aliphatic rings. The van der Waals surface area contributed by atoms with Crippen molar-refractivity contribution < 1.29 is 19.1 Å². The maximum Gasteiger partial charge on any atom is 0.412 e. The molecule has 3 aromatic rings. The Morgan fingerprint density at radius 3 is 2.38 bits per heavy atom. The van der Waals surface area contributed by atoms with Crippen LogP contribution in [0.25, 0.3) is 11.1 Å². The average molecular weight is 480 g/mol. The Morgan fingerprint density at radius 2 is 1.71 bits per heavy atom. The van der Waals surface area contributed by atoms with E-state index in [0.29, 0.717) is 16.3 Å². The molecular formula is C26H26ClN3O4. The number of rotatable bonds is 6. The minimum Gasteiger partial charge on any atom is -0.444 e. The number of ketones is 1. The van der Waals surface area contributed by atoms with Crippen LogP contribution >= 0.6 is 11.6 Å². The van der Waals surface area contributed by atoms with E-state index in [0.717, 1.165) is 16.8 Å². The lowest BCUT2D eigenvalue weighted by Gasteiger charge is -2.20. The topological polar surface area (TPSA) is 97.4 Å². The van der Waals surface area contributed by atoms with Gasteiger partial charge in [0.1, 0.15) is 5.60 Å². The highest BCUT2D eigenvalue weighted by atomic mass is 35.5. The standard InChI is InChI=1S/C26H26ClN3O4/c1-16-8-9-19(15-28-16)17-6-5-7-18(12-17)23(31)14-24(32)29-22-13-20(27)10-11-21(22)30-25(33)34-26(2,3)4/h5-13,15H,14H2,1-4H3,(H,29,32)(H,30,33). The van der Waals surface area contributed by atoms with Crippen molar-refractivity contribution in [2.24, 2.45) is 0 Å². The van der Waals surface area contributed by atoms with Gasteiger partial charge in [-0.15, -0.1) is 0 Å². The lowest BCUT2D eigenvalue weighted by Crippen LogP contribution is -2.27. The van der Waals surface area contributed by atoms with Crippen molar-refractivity contribution in [3.05, 3.63) is 77.1 Å². The van der Waals surface area contributed by atoms with Gasteiger partial charge in [0.15, 0.2) is 5.78 Å². The number of pyridine rings is 1. The second-order valence-corrected chi connectivity index (χ2v) is 9.17. The molecule has 1 heterocycles. The number of nitrogens with one attached hydrogen (secondary N) is 2. The predicted molar refractivity (Wildman–Crippen MR) is 133 cm³/mol. The summed E-state index contributed by atoms with van der Waals surface area (Å²) >= 11 is 6.06. The van der Waals surface area contributed by atoms with Crippen LogP contribution in [0.15, 0.2) is 60.8 Å². The van der Waals surface area contributed by atoms with Gasteiger partial charge in [-0.05, 0) is 63.6 Å². The number of Topliss-reactive ketones (excluding diaryl/α,β-unsaturated/α-hetero) is 1. The number of benzene rings is 2. The summed E-state index contributed by atoms with van der Waals surface area (Å²) in [6.45, 7) is 7.13. The molecule has 7 nitrogen and oxygen atoms in total. The van der Waals surface area contributed by atoms with Crippen molar-refractivity contribution in [2.75, 3.05) is 10.6 Å². The Bertz CT molecular complexity index is 1220. The molecule has 176 valence electrons. The van der Waals surface area contributed by atoms with Gasteiger partial charge in [-0.25, -0.2) is 4.79 Å². The molecule has 2 aromatic carbocycles. The van der Waals surface area contributed by atoms with Gasteiger partial charge in [0, 0.05) is 28.0 Å². The van der Waals surface area contributed by atoms with Gasteiger partial charge >= 0.3 is 6.09 Å². The van der Waals surface area contributed by atoms with E-state index in [4.69, 9.17) is 16.3 Å². The molecule has 3 rings (SSSR count). The van der Waals surface area contributed by atoms with Crippen LogP contribution in [0, 0.1) is 6.92 Å². The molecule has 34 heavy (non-hydrogen) atoms. The molecule has 0 unspecified atom stereocenters. The van der Waals surface area contributed by atoms with Crippen molar-refractivity contribution in [3.63, 3.8) is 0 Å². The highest BCUT2D eigenvalue weighted by molar-refractivity contribution is 6.31. The number of ether oxygens (including phenoxy) is 1. The van der Waals surface area contributed by atoms with E-state index in [-0.39, 0.29) is 17.9 Å². The number of halogens is 1. The predicted octanol–water partition coefficient (Wildman–Crippen LogP) is 6.27. The number of nitrogens with zero attached hydrogens (tertiary/aromatic N) is 1. The number of anilines is 2. The number of aromatic nitrogens is 1. The molecule has 0 spiro atoms. The lowest BCUT2D eigenvalue weighted by atomic mass is 10.0. The highest BCUT2D eigenvalue weighted by Crippen LogP contribution is 2.27. The minimum absolute atomic E-state index is 0.260. The fourth-order valence-electron chi connectivity index (χ4n) is 3.10. The molecule has 8 heteroatoms. The van der Waals surface area contributed by atoms with E-state index < -0.39 is 17.6 Å². The molecule has 0 saturated heterocycles. The molecule has 0 aliphatic heterocycles. The summed E-state index contributed by atoms with van der Waals surface area (Å²) in [6, 6.07) is 15.5. The van der Waals surface area contributed by atoms with Crippen molar-refractivity contribution in [1.29, 1.82) is 0 Å². The number of hydrogen-bond acceptors (Lipinski definition) is 5. The van der Waals surface area contributed by atoms with Gasteiger partial charge in [0.05, 0.1) is 17.8 Å². The summed E-state index contributed by atoms with van der Waals surface area (Å²) in [4.78, 5) is 41.8. The smallest absolute Gasteiger partial charge is 0.412 e. The van der Waals surface area contributed by atoms with E-state index in [9.17, 15) is 14.4 Å². The number of carbonyl (C=O) groups excluding carboxylic acids is 3. The van der Waals surface area contributed by atoms with Crippen LogP contribution in [0.3, 0.4) is 0 Å². The molecule has 0 bridgehead atoms. The molecule has 0 radical (unpaired) electrons. The van der Waals surface area contributed by atoms with Gasteiger partial charge in [0.25, 0.3) is 0 Å². The molecule has 0 saturated carbocycles. The molecule has 2 N–H and O–H groups in total. The molecule has 0 aliphatic carbocycles. The van der Waals surface area contributed by atoms with Gasteiger partial charge in [-0.3, -0.25) is 19.9 Å². The van der Waals surface area contributed by atoms with Crippen LogP contribution in [0.5, 0.6) is 0 Å². The lowest BCUT2D eigenvalue weighted by molar-refractivity contribution is -0.115. The molecule has 0 atom stereocenters. The first-order valence-corrected chi connectivity index (χ1v) is 11.0. The van der Waals surface area contributed by atoms with Crippen LogP contribution in [0.2, 0.25) is 5.02 Å². The maximum absolute atomic E-state index is 12.8. The minimum atomic E-state index is -0.685. The highest BCUT2D eigenvalue weighted by Gasteiger charge is 2.19. The largest absolute Gasteiger partial charge is 0.444 e. The Hall–Kier alpha value is -3.71. The maximum atomic E-state index is 12.8. The average Bonchev–Trinajstić information content (AvgIpc) is 2.75. The third kappa shape index (κ3) is 7.15. The number of amides is 2.